The van der Waals surface area contributed by atoms with E-state index in [4.69, 9.17) is 5.14 Å². The van der Waals surface area contributed by atoms with Gasteiger partial charge in [0.2, 0.25) is 10.0 Å². The van der Waals surface area contributed by atoms with Gasteiger partial charge >= 0.3 is 0 Å². The van der Waals surface area contributed by atoms with Gasteiger partial charge in [0.1, 0.15) is 0 Å². The minimum absolute atomic E-state index is 0.0142. The molecule has 8 heteroatoms. The van der Waals surface area contributed by atoms with Crippen LogP contribution in [0.15, 0.2) is 64.1 Å². The molecular formula is C23H28N4O3S. The number of carbonyl (C=O) groups is 1. The van der Waals surface area contributed by atoms with Gasteiger partial charge < -0.3 is 4.90 Å². The molecule has 0 aliphatic carbocycles. The van der Waals surface area contributed by atoms with Gasteiger partial charge in [0.15, 0.2) is 0 Å². The summed E-state index contributed by atoms with van der Waals surface area (Å²) in [6.07, 6.45) is 4.00. The summed E-state index contributed by atoms with van der Waals surface area (Å²) < 4.78 is 22.9. The minimum Gasteiger partial charge on any atom is -0.372 e. The second-order valence-corrected chi connectivity index (χ2v) is 9.04. The summed E-state index contributed by atoms with van der Waals surface area (Å²) in [5, 5.41) is 10.7. The van der Waals surface area contributed by atoms with Crippen LogP contribution in [-0.4, -0.2) is 33.1 Å². The molecule has 1 aliphatic rings. The Morgan fingerprint density at radius 1 is 1.00 bits per heavy atom. The van der Waals surface area contributed by atoms with Gasteiger partial charge in [0, 0.05) is 18.8 Å². The first kappa shape index (κ1) is 22.7. The van der Waals surface area contributed by atoms with Crippen LogP contribution in [0.3, 0.4) is 0 Å². The minimum atomic E-state index is -3.79. The van der Waals surface area contributed by atoms with Gasteiger partial charge in [-0.2, -0.15) is 10.1 Å². The van der Waals surface area contributed by atoms with E-state index in [0.29, 0.717) is 17.0 Å². The number of carbonyl (C=O) groups excluding carboxylic acids is 1. The van der Waals surface area contributed by atoms with Crippen LogP contribution in [0.1, 0.15) is 39.2 Å². The SMILES string of the molecule is CCCN(CCC)c1ccc(C=C2C(=O)N(c3ccc(S(N)(=O)=O)cc3)N=C2C)cc1. The first-order valence-electron chi connectivity index (χ1n) is 10.3. The van der Waals surface area contributed by atoms with Crippen molar-refractivity contribution in [3.05, 3.63) is 59.7 Å². The maximum Gasteiger partial charge on any atom is 0.280 e. The topological polar surface area (TPSA) is 96.1 Å². The Hall–Kier alpha value is -2.97. The quantitative estimate of drug-likeness (QED) is 0.632. The summed E-state index contributed by atoms with van der Waals surface area (Å²) in [5.74, 6) is -0.261. The molecule has 0 unspecified atom stereocenters. The zero-order valence-corrected chi connectivity index (χ0v) is 18.9. The van der Waals surface area contributed by atoms with E-state index in [1.54, 1.807) is 6.92 Å². The highest BCUT2D eigenvalue weighted by Crippen LogP contribution is 2.26. The normalized spacial score (nSPS) is 15.5. The van der Waals surface area contributed by atoms with Crippen LogP contribution in [0.25, 0.3) is 6.08 Å². The van der Waals surface area contributed by atoms with Gasteiger partial charge in [-0.15, -0.1) is 0 Å². The maximum atomic E-state index is 12.9. The van der Waals surface area contributed by atoms with Crippen LogP contribution < -0.4 is 15.0 Å². The number of rotatable bonds is 8. The number of primary sulfonamides is 1. The third-order valence-corrected chi connectivity index (χ3v) is 5.96. The highest BCUT2D eigenvalue weighted by molar-refractivity contribution is 7.89. The van der Waals surface area contributed by atoms with Crippen LogP contribution in [0.4, 0.5) is 11.4 Å². The molecule has 0 fully saturated rings. The summed E-state index contributed by atoms with van der Waals surface area (Å²) in [5.41, 5.74) is 3.67. The monoisotopic (exact) mass is 440 g/mol. The molecule has 0 saturated heterocycles. The van der Waals surface area contributed by atoms with Crippen molar-refractivity contribution in [2.45, 2.75) is 38.5 Å². The molecule has 3 rings (SSSR count). The Morgan fingerprint density at radius 2 is 1.58 bits per heavy atom. The number of nitrogens with zero attached hydrogens (tertiary/aromatic N) is 3. The second kappa shape index (κ2) is 9.45. The zero-order chi connectivity index (χ0) is 22.6. The Kier molecular flexibility index (Phi) is 6.92. The number of hydrogen-bond donors (Lipinski definition) is 1. The molecule has 0 radical (unpaired) electrons. The Balaban J connectivity index is 1.81. The fourth-order valence-corrected chi connectivity index (χ4v) is 4.01. The van der Waals surface area contributed by atoms with E-state index >= 15 is 0 Å². The number of nitrogens with two attached hydrogens (primary N) is 1. The van der Waals surface area contributed by atoms with E-state index in [9.17, 15) is 13.2 Å². The summed E-state index contributed by atoms with van der Waals surface area (Å²) in [6, 6.07) is 13.9. The highest BCUT2D eigenvalue weighted by Gasteiger charge is 2.28. The van der Waals surface area contributed by atoms with Gasteiger partial charge in [-0.1, -0.05) is 26.0 Å². The van der Waals surface area contributed by atoms with Crippen molar-refractivity contribution in [2.24, 2.45) is 10.2 Å². The smallest absolute Gasteiger partial charge is 0.280 e. The summed E-state index contributed by atoms with van der Waals surface area (Å²) in [4.78, 5) is 15.3. The number of sulfonamides is 1. The Labute approximate surface area is 183 Å². The number of amides is 1. The van der Waals surface area contributed by atoms with Crippen LogP contribution >= 0.6 is 0 Å². The summed E-state index contributed by atoms with van der Waals surface area (Å²) in [6.45, 7) is 8.14. The molecule has 1 amide bonds. The fourth-order valence-electron chi connectivity index (χ4n) is 3.49. The molecule has 0 atom stereocenters. The lowest BCUT2D eigenvalue weighted by Gasteiger charge is -2.23. The first-order chi connectivity index (χ1) is 14.7. The zero-order valence-electron chi connectivity index (χ0n) is 18.1. The lowest BCUT2D eigenvalue weighted by atomic mass is 10.1. The van der Waals surface area contributed by atoms with Crippen molar-refractivity contribution >= 4 is 39.1 Å². The molecule has 2 N–H and O–H groups in total. The largest absolute Gasteiger partial charge is 0.372 e. The standard InChI is InChI=1S/C23H28N4O3S/c1-4-14-26(15-5-2)19-8-6-18(7-9-19)16-22-17(3)25-27(23(22)28)20-10-12-21(13-11-20)31(24,29)30/h6-13,16H,4-5,14-15H2,1-3H3,(H2,24,29,30). The maximum absolute atomic E-state index is 12.9. The molecule has 0 aromatic heterocycles. The molecule has 0 spiro atoms. The molecule has 0 saturated carbocycles. The molecular weight excluding hydrogens is 412 g/mol. The number of hydrazone groups is 1. The number of benzene rings is 2. The van der Waals surface area contributed by atoms with E-state index in [-0.39, 0.29) is 10.8 Å². The predicted molar refractivity (Wildman–Crippen MR) is 126 cm³/mol. The predicted octanol–water partition coefficient (Wildman–Crippen LogP) is 3.77. The summed E-state index contributed by atoms with van der Waals surface area (Å²) in [7, 11) is -3.79. The van der Waals surface area contributed by atoms with E-state index in [1.165, 1.54) is 35.0 Å². The highest BCUT2D eigenvalue weighted by atomic mass is 32.2. The van der Waals surface area contributed by atoms with Gasteiger partial charge in [0.25, 0.3) is 5.91 Å². The molecule has 2 aromatic carbocycles. The van der Waals surface area contributed by atoms with E-state index in [1.807, 2.05) is 18.2 Å². The first-order valence-corrected chi connectivity index (χ1v) is 11.9. The average Bonchev–Trinajstić information content (AvgIpc) is 3.02. The molecule has 1 heterocycles. The van der Waals surface area contributed by atoms with Gasteiger partial charge in [-0.3, -0.25) is 4.79 Å². The van der Waals surface area contributed by atoms with Gasteiger partial charge in [0.05, 0.1) is 21.9 Å². The van der Waals surface area contributed by atoms with Crippen LogP contribution in [-0.2, 0) is 14.8 Å². The fraction of sp³-hybridized carbons (Fsp3) is 0.304. The van der Waals surface area contributed by atoms with Crippen molar-refractivity contribution in [3.8, 4) is 0 Å². The van der Waals surface area contributed by atoms with Crippen LogP contribution in [0.5, 0.6) is 0 Å². The summed E-state index contributed by atoms with van der Waals surface area (Å²) >= 11 is 0. The molecule has 1 aliphatic heterocycles. The molecule has 164 valence electrons. The number of hydrogen-bond acceptors (Lipinski definition) is 5. The van der Waals surface area contributed by atoms with Gasteiger partial charge in [-0.05, 0) is 67.8 Å². The van der Waals surface area contributed by atoms with E-state index in [0.717, 1.165) is 31.5 Å². The number of anilines is 2. The van der Waals surface area contributed by atoms with Crippen molar-refractivity contribution < 1.29 is 13.2 Å². The second-order valence-electron chi connectivity index (χ2n) is 7.48. The van der Waals surface area contributed by atoms with Crippen LogP contribution in [0.2, 0.25) is 0 Å². The Bertz CT molecular complexity index is 1100. The van der Waals surface area contributed by atoms with E-state index in [2.05, 4.69) is 36.0 Å². The lowest BCUT2D eigenvalue weighted by Crippen LogP contribution is -2.24. The molecule has 7 nitrogen and oxygen atoms in total. The van der Waals surface area contributed by atoms with Crippen molar-refractivity contribution in [1.29, 1.82) is 0 Å². The third-order valence-electron chi connectivity index (χ3n) is 5.03. The Morgan fingerprint density at radius 3 is 2.10 bits per heavy atom. The molecule has 2 aromatic rings. The molecule has 0 bridgehead atoms. The van der Waals surface area contributed by atoms with Crippen molar-refractivity contribution in [1.82, 2.24) is 0 Å². The lowest BCUT2D eigenvalue weighted by molar-refractivity contribution is -0.114. The average molecular weight is 441 g/mol. The third kappa shape index (κ3) is 5.21. The van der Waals surface area contributed by atoms with Gasteiger partial charge in [-0.25, -0.2) is 13.6 Å². The van der Waals surface area contributed by atoms with Crippen LogP contribution in [0, 0.1) is 0 Å². The molecule has 31 heavy (non-hydrogen) atoms. The van der Waals surface area contributed by atoms with Crippen molar-refractivity contribution in [3.63, 3.8) is 0 Å². The van der Waals surface area contributed by atoms with Crippen molar-refractivity contribution in [2.75, 3.05) is 23.0 Å². The van der Waals surface area contributed by atoms with E-state index < -0.39 is 10.0 Å².